The van der Waals surface area contributed by atoms with Gasteiger partial charge in [0.05, 0.1) is 13.7 Å². The summed E-state index contributed by atoms with van der Waals surface area (Å²) in [7, 11) is 5.48. The fraction of sp³-hybridized carbons (Fsp3) is 0.562. The van der Waals surface area contributed by atoms with Gasteiger partial charge in [-0.2, -0.15) is 0 Å². The fourth-order valence-electron chi connectivity index (χ4n) is 1.86. The van der Waals surface area contributed by atoms with Gasteiger partial charge in [-0.1, -0.05) is 6.92 Å². The molecular weight excluding hydrogens is 407 g/mol. The predicted octanol–water partition coefficient (Wildman–Crippen LogP) is 2.65. The van der Waals surface area contributed by atoms with E-state index in [1.54, 1.807) is 14.2 Å². The van der Waals surface area contributed by atoms with Crippen LogP contribution < -0.4 is 20.1 Å². The highest BCUT2D eigenvalue weighted by atomic mass is 127. The molecule has 132 valence electrons. The minimum Gasteiger partial charge on any atom is -0.493 e. The Labute approximate surface area is 156 Å². The molecule has 1 rings (SSSR count). The van der Waals surface area contributed by atoms with E-state index in [1.165, 1.54) is 0 Å². The zero-order valence-corrected chi connectivity index (χ0v) is 17.0. The maximum Gasteiger partial charge on any atom is 0.195 e. The Morgan fingerprint density at radius 2 is 2.00 bits per heavy atom. The van der Waals surface area contributed by atoms with Crippen molar-refractivity contribution in [3.63, 3.8) is 0 Å². The van der Waals surface area contributed by atoms with E-state index in [1.807, 2.05) is 25.1 Å². The summed E-state index contributed by atoms with van der Waals surface area (Å²) in [6.45, 7) is 7.52. The molecule has 0 radical (unpaired) electrons. The van der Waals surface area contributed by atoms with Crippen LogP contribution in [0.3, 0.4) is 0 Å². The third-order valence-electron chi connectivity index (χ3n) is 3.28. The number of nitrogens with zero attached hydrogens (tertiary/aromatic N) is 2. The largest absolute Gasteiger partial charge is 0.493 e. The summed E-state index contributed by atoms with van der Waals surface area (Å²) >= 11 is 0. The van der Waals surface area contributed by atoms with Gasteiger partial charge in [-0.3, -0.25) is 4.99 Å². The van der Waals surface area contributed by atoms with Crippen LogP contribution in [0.4, 0.5) is 5.69 Å². The van der Waals surface area contributed by atoms with Crippen molar-refractivity contribution in [1.29, 1.82) is 0 Å². The van der Waals surface area contributed by atoms with E-state index in [0.717, 1.165) is 37.0 Å². The first kappa shape index (κ1) is 21.8. The molecule has 0 saturated heterocycles. The molecule has 0 amide bonds. The molecule has 2 N–H and O–H groups in total. The number of halogens is 1. The Morgan fingerprint density at radius 3 is 2.57 bits per heavy atom. The standard InChI is InChI=1S/C16H28N4O2.HI/c1-6-20(4)11-10-18-16(17-3)19-13-8-9-14(22-7-2)15(12-13)21-5;/h8-9,12H,6-7,10-11H2,1-5H3,(H2,17,18,19);1H. The normalized spacial score (nSPS) is 11.0. The van der Waals surface area contributed by atoms with Gasteiger partial charge in [-0.25, -0.2) is 0 Å². The van der Waals surface area contributed by atoms with Crippen molar-refractivity contribution >= 4 is 35.6 Å². The molecule has 0 aliphatic carbocycles. The SMILES string of the molecule is CCOc1ccc(NC(=NC)NCCN(C)CC)cc1OC.I. The van der Waals surface area contributed by atoms with E-state index < -0.39 is 0 Å². The number of hydrogen-bond donors (Lipinski definition) is 2. The van der Waals surface area contributed by atoms with Gasteiger partial charge in [0.15, 0.2) is 17.5 Å². The number of rotatable bonds is 8. The van der Waals surface area contributed by atoms with E-state index in [9.17, 15) is 0 Å². The number of nitrogens with one attached hydrogen (secondary N) is 2. The van der Waals surface area contributed by atoms with Crippen LogP contribution in [0, 0.1) is 0 Å². The van der Waals surface area contributed by atoms with Gasteiger partial charge in [0.1, 0.15) is 0 Å². The molecular formula is C16H29IN4O2. The molecule has 7 heteroatoms. The fourth-order valence-corrected chi connectivity index (χ4v) is 1.86. The number of hydrogen-bond acceptors (Lipinski definition) is 4. The van der Waals surface area contributed by atoms with E-state index in [2.05, 4.69) is 34.5 Å². The molecule has 0 fully saturated rings. The summed E-state index contributed by atoms with van der Waals surface area (Å²) < 4.78 is 10.9. The third-order valence-corrected chi connectivity index (χ3v) is 3.28. The topological polar surface area (TPSA) is 58.1 Å². The van der Waals surface area contributed by atoms with Crippen LogP contribution in [0.1, 0.15) is 13.8 Å². The van der Waals surface area contributed by atoms with E-state index in [-0.39, 0.29) is 24.0 Å². The van der Waals surface area contributed by atoms with Gasteiger partial charge >= 0.3 is 0 Å². The predicted molar refractivity (Wildman–Crippen MR) is 108 cm³/mol. The van der Waals surface area contributed by atoms with Crippen LogP contribution >= 0.6 is 24.0 Å². The van der Waals surface area contributed by atoms with Gasteiger partial charge in [-0.15, -0.1) is 24.0 Å². The van der Waals surface area contributed by atoms with Crippen molar-refractivity contribution in [3.8, 4) is 11.5 Å². The van der Waals surface area contributed by atoms with E-state index in [0.29, 0.717) is 12.4 Å². The van der Waals surface area contributed by atoms with Crippen LogP contribution in [0.5, 0.6) is 11.5 Å². The Hall–Kier alpha value is -1.22. The first-order valence-electron chi connectivity index (χ1n) is 7.61. The average Bonchev–Trinajstić information content (AvgIpc) is 2.55. The summed E-state index contributed by atoms with van der Waals surface area (Å²) in [5.41, 5.74) is 0.900. The second kappa shape index (κ2) is 12.2. The summed E-state index contributed by atoms with van der Waals surface area (Å²) in [6.07, 6.45) is 0. The number of methoxy groups -OCH3 is 1. The number of guanidine groups is 1. The lowest BCUT2D eigenvalue weighted by atomic mass is 10.2. The summed E-state index contributed by atoms with van der Waals surface area (Å²) in [4.78, 5) is 6.46. The van der Waals surface area contributed by atoms with Crippen molar-refractivity contribution in [2.45, 2.75) is 13.8 Å². The molecule has 0 spiro atoms. The molecule has 0 heterocycles. The zero-order valence-electron chi connectivity index (χ0n) is 14.7. The first-order chi connectivity index (χ1) is 10.6. The summed E-state index contributed by atoms with van der Waals surface area (Å²) in [5, 5.41) is 6.53. The Morgan fingerprint density at radius 1 is 1.26 bits per heavy atom. The third kappa shape index (κ3) is 7.74. The van der Waals surface area contributed by atoms with Crippen molar-refractivity contribution in [2.24, 2.45) is 4.99 Å². The number of aliphatic imine (C=N–C) groups is 1. The van der Waals surface area contributed by atoms with Gasteiger partial charge in [-0.05, 0) is 32.6 Å². The lowest BCUT2D eigenvalue weighted by Gasteiger charge is -2.17. The minimum absolute atomic E-state index is 0. The van der Waals surface area contributed by atoms with Crippen molar-refractivity contribution in [1.82, 2.24) is 10.2 Å². The molecule has 23 heavy (non-hydrogen) atoms. The average molecular weight is 436 g/mol. The Balaban J connectivity index is 0.00000484. The van der Waals surface area contributed by atoms with Crippen LogP contribution in [-0.4, -0.2) is 58.3 Å². The molecule has 1 aromatic rings. The van der Waals surface area contributed by atoms with Gasteiger partial charge in [0.25, 0.3) is 0 Å². The molecule has 0 aliphatic heterocycles. The monoisotopic (exact) mass is 436 g/mol. The molecule has 1 aromatic carbocycles. The van der Waals surface area contributed by atoms with Crippen molar-refractivity contribution < 1.29 is 9.47 Å². The van der Waals surface area contributed by atoms with Gasteiger partial charge < -0.3 is 25.0 Å². The van der Waals surface area contributed by atoms with Gasteiger partial charge in [0.2, 0.25) is 0 Å². The molecule has 0 saturated carbocycles. The highest BCUT2D eigenvalue weighted by molar-refractivity contribution is 14.0. The van der Waals surface area contributed by atoms with Crippen LogP contribution in [0.15, 0.2) is 23.2 Å². The van der Waals surface area contributed by atoms with Crippen molar-refractivity contribution in [2.75, 3.05) is 52.8 Å². The Kier molecular flexibility index (Phi) is 11.6. The highest BCUT2D eigenvalue weighted by Crippen LogP contribution is 2.30. The van der Waals surface area contributed by atoms with Crippen LogP contribution in [0.2, 0.25) is 0 Å². The van der Waals surface area contributed by atoms with Crippen LogP contribution in [0.25, 0.3) is 0 Å². The smallest absolute Gasteiger partial charge is 0.195 e. The lowest BCUT2D eigenvalue weighted by molar-refractivity contribution is 0.311. The molecule has 0 bridgehead atoms. The maximum absolute atomic E-state index is 5.51. The molecule has 0 atom stereocenters. The number of benzene rings is 1. The lowest BCUT2D eigenvalue weighted by Crippen LogP contribution is -2.36. The number of anilines is 1. The molecule has 6 nitrogen and oxygen atoms in total. The summed E-state index contributed by atoms with van der Waals surface area (Å²) in [5.74, 6) is 2.17. The Bertz CT molecular complexity index is 483. The molecule has 0 unspecified atom stereocenters. The minimum atomic E-state index is 0. The number of ether oxygens (including phenoxy) is 2. The highest BCUT2D eigenvalue weighted by Gasteiger charge is 2.06. The maximum atomic E-state index is 5.51. The van der Waals surface area contributed by atoms with E-state index in [4.69, 9.17) is 9.47 Å². The molecule has 0 aromatic heterocycles. The van der Waals surface area contributed by atoms with Crippen LogP contribution in [-0.2, 0) is 0 Å². The molecule has 0 aliphatic rings. The quantitative estimate of drug-likeness (QED) is 0.373. The number of likely N-dealkylation sites (N-methyl/N-ethyl adjacent to an activating group) is 1. The second-order valence-electron chi connectivity index (χ2n) is 4.82. The zero-order chi connectivity index (χ0) is 16.4. The first-order valence-corrected chi connectivity index (χ1v) is 7.61. The van der Waals surface area contributed by atoms with Gasteiger partial charge in [0, 0.05) is 31.9 Å². The second-order valence-corrected chi connectivity index (χ2v) is 4.82. The van der Waals surface area contributed by atoms with Crippen molar-refractivity contribution in [3.05, 3.63) is 18.2 Å². The summed E-state index contributed by atoms with van der Waals surface area (Å²) in [6, 6.07) is 5.73. The van der Waals surface area contributed by atoms with E-state index >= 15 is 0 Å².